The number of anilines is 1. The van der Waals surface area contributed by atoms with E-state index in [0.717, 1.165) is 10.0 Å². The number of thioether (sulfide) groups is 1. The molecule has 2 atom stereocenters. The van der Waals surface area contributed by atoms with Crippen LogP contribution in [0.2, 0.25) is 0 Å². The van der Waals surface area contributed by atoms with Crippen molar-refractivity contribution >= 4 is 54.3 Å². The number of hydrogen-bond donors (Lipinski definition) is 0. The Labute approximate surface area is 213 Å². The SMILES string of the molecule is CCOc1cc(Br)c(N2C(=NC(=O)CCc3ccccc3)S[C@@H]3CS(=O)(=O)C[C@H]32)cc1OCC. The summed E-state index contributed by atoms with van der Waals surface area (Å²) in [5.41, 5.74) is 1.78. The Hall–Kier alpha value is -2.04. The van der Waals surface area contributed by atoms with E-state index in [4.69, 9.17) is 9.47 Å². The van der Waals surface area contributed by atoms with Crippen LogP contribution in [0.1, 0.15) is 25.8 Å². The molecule has 0 spiro atoms. The highest BCUT2D eigenvalue weighted by Crippen LogP contribution is 2.46. The van der Waals surface area contributed by atoms with Gasteiger partial charge in [0.15, 0.2) is 26.5 Å². The fourth-order valence-corrected chi connectivity index (χ4v) is 8.59. The van der Waals surface area contributed by atoms with Gasteiger partial charge in [0.2, 0.25) is 5.91 Å². The summed E-state index contributed by atoms with van der Waals surface area (Å²) < 4.78 is 37.0. The van der Waals surface area contributed by atoms with Crippen molar-refractivity contribution in [2.45, 2.75) is 38.0 Å². The maximum absolute atomic E-state index is 12.8. The van der Waals surface area contributed by atoms with Gasteiger partial charge in [-0.3, -0.25) is 4.79 Å². The molecule has 2 heterocycles. The zero-order chi connectivity index (χ0) is 24.3. The number of aryl methyl sites for hydroxylation is 1. The highest BCUT2D eigenvalue weighted by Gasteiger charge is 2.50. The standard InChI is InChI=1S/C24H27BrN2O5S2/c1-3-31-20-12-17(25)18(13-21(20)32-4-2)27-19-14-34(29,30)15-22(19)33-24(27)26-23(28)11-10-16-8-6-5-7-9-16/h5-9,12-13,19,22H,3-4,10-11,14-15H2,1-2H3/t19-,22-/m1/s1. The molecule has 2 saturated heterocycles. The molecule has 34 heavy (non-hydrogen) atoms. The van der Waals surface area contributed by atoms with Crippen molar-refractivity contribution in [2.75, 3.05) is 29.6 Å². The van der Waals surface area contributed by atoms with Crippen molar-refractivity contribution in [1.82, 2.24) is 0 Å². The number of amidine groups is 1. The Morgan fingerprint density at radius 3 is 2.47 bits per heavy atom. The number of carbonyl (C=O) groups is 1. The first kappa shape index (κ1) is 25.1. The zero-order valence-electron chi connectivity index (χ0n) is 19.1. The monoisotopic (exact) mass is 566 g/mol. The number of sulfone groups is 1. The Kier molecular flexibility index (Phi) is 7.89. The molecule has 10 heteroatoms. The van der Waals surface area contributed by atoms with Crippen molar-refractivity contribution in [3.63, 3.8) is 0 Å². The van der Waals surface area contributed by atoms with Crippen LogP contribution in [0, 0.1) is 0 Å². The molecule has 2 aromatic rings. The van der Waals surface area contributed by atoms with Crippen LogP contribution in [0.3, 0.4) is 0 Å². The molecule has 182 valence electrons. The minimum Gasteiger partial charge on any atom is -0.490 e. The zero-order valence-corrected chi connectivity index (χ0v) is 22.3. The average molecular weight is 568 g/mol. The molecule has 0 saturated carbocycles. The summed E-state index contributed by atoms with van der Waals surface area (Å²) >= 11 is 4.98. The molecule has 1 amide bonds. The van der Waals surface area contributed by atoms with E-state index in [1.165, 1.54) is 11.8 Å². The minimum absolute atomic E-state index is 0.0194. The van der Waals surface area contributed by atoms with E-state index in [-0.39, 0.29) is 35.1 Å². The van der Waals surface area contributed by atoms with Crippen LogP contribution in [0.5, 0.6) is 11.5 Å². The van der Waals surface area contributed by atoms with Gasteiger partial charge < -0.3 is 14.4 Å². The number of aliphatic imine (C=N–C) groups is 1. The van der Waals surface area contributed by atoms with E-state index in [9.17, 15) is 13.2 Å². The molecule has 0 aliphatic carbocycles. The van der Waals surface area contributed by atoms with Gasteiger partial charge >= 0.3 is 0 Å². The number of ether oxygens (including phenoxy) is 2. The summed E-state index contributed by atoms with van der Waals surface area (Å²) in [6.07, 6.45) is 0.883. The van der Waals surface area contributed by atoms with Crippen LogP contribution in [-0.4, -0.2) is 55.5 Å². The number of fused-ring (bicyclic) bond motifs is 1. The van der Waals surface area contributed by atoms with Gasteiger partial charge in [-0.1, -0.05) is 42.1 Å². The second-order valence-electron chi connectivity index (χ2n) is 8.06. The lowest BCUT2D eigenvalue weighted by Crippen LogP contribution is -2.38. The molecule has 0 N–H and O–H groups in total. The number of carbonyl (C=O) groups excluding carboxylic acids is 1. The van der Waals surface area contributed by atoms with E-state index in [1.807, 2.05) is 61.2 Å². The van der Waals surface area contributed by atoms with E-state index < -0.39 is 9.84 Å². The molecule has 7 nitrogen and oxygen atoms in total. The van der Waals surface area contributed by atoms with Crippen LogP contribution < -0.4 is 14.4 Å². The fourth-order valence-electron chi connectivity index (χ4n) is 4.15. The summed E-state index contributed by atoms with van der Waals surface area (Å²) in [5, 5.41) is 0.343. The number of benzene rings is 2. The third-order valence-electron chi connectivity index (χ3n) is 5.63. The molecule has 2 fully saturated rings. The normalized spacial score (nSPS) is 22.1. The molecule has 0 radical (unpaired) electrons. The maximum atomic E-state index is 12.8. The van der Waals surface area contributed by atoms with Crippen molar-refractivity contribution in [1.29, 1.82) is 0 Å². The van der Waals surface area contributed by atoms with Gasteiger partial charge in [-0.15, -0.1) is 0 Å². The van der Waals surface area contributed by atoms with E-state index in [1.54, 1.807) is 0 Å². The first-order valence-corrected chi connectivity index (χ1v) is 14.7. The molecule has 0 unspecified atom stereocenters. The highest BCUT2D eigenvalue weighted by molar-refractivity contribution is 9.10. The molecule has 0 bridgehead atoms. The van der Waals surface area contributed by atoms with Crippen molar-refractivity contribution in [3.05, 3.63) is 52.5 Å². The number of halogens is 1. The molecule has 2 aliphatic heterocycles. The third-order valence-corrected chi connectivity index (χ3v) is 9.47. The Bertz CT molecular complexity index is 1190. The van der Waals surface area contributed by atoms with Gasteiger partial charge in [-0.25, -0.2) is 8.42 Å². The van der Waals surface area contributed by atoms with Gasteiger partial charge in [0, 0.05) is 28.3 Å². The van der Waals surface area contributed by atoms with Crippen LogP contribution in [-0.2, 0) is 21.1 Å². The topological polar surface area (TPSA) is 85.3 Å². The summed E-state index contributed by atoms with van der Waals surface area (Å²) in [6.45, 7) is 4.72. The van der Waals surface area contributed by atoms with Gasteiger partial charge in [0.1, 0.15) is 0 Å². The quantitative estimate of drug-likeness (QED) is 0.465. The smallest absolute Gasteiger partial charge is 0.248 e. The van der Waals surface area contributed by atoms with Gasteiger partial charge in [0.05, 0.1) is 36.4 Å². The van der Waals surface area contributed by atoms with E-state index in [0.29, 0.717) is 42.0 Å². The Morgan fingerprint density at radius 2 is 1.79 bits per heavy atom. The third kappa shape index (κ3) is 5.60. The molecular weight excluding hydrogens is 540 g/mol. The second kappa shape index (κ2) is 10.7. The fraction of sp³-hybridized carbons (Fsp3) is 0.417. The minimum atomic E-state index is -3.17. The number of hydrogen-bond acceptors (Lipinski definition) is 6. The lowest BCUT2D eigenvalue weighted by atomic mass is 10.1. The largest absolute Gasteiger partial charge is 0.490 e. The lowest BCUT2D eigenvalue weighted by Gasteiger charge is -2.27. The highest BCUT2D eigenvalue weighted by atomic mass is 79.9. The molecule has 4 rings (SSSR count). The van der Waals surface area contributed by atoms with Crippen LogP contribution in [0.15, 0.2) is 51.9 Å². The number of rotatable bonds is 8. The van der Waals surface area contributed by atoms with Crippen LogP contribution in [0.25, 0.3) is 0 Å². The predicted molar refractivity (Wildman–Crippen MR) is 140 cm³/mol. The van der Waals surface area contributed by atoms with Crippen molar-refractivity contribution in [2.24, 2.45) is 4.99 Å². The number of nitrogens with zero attached hydrogens (tertiary/aromatic N) is 2. The summed E-state index contributed by atoms with van der Waals surface area (Å²) in [5.74, 6) is 1.02. The molecule has 0 aromatic heterocycles. The van der Waals surface area contributed by atoms with Crippen LogP contribution >= 0.6 is 27.7 Å². The molecular formula is C24H27BrN2O5S2. The molecule has 2 aliphatic rings. The predicted octanol–water partition coefficient (Wildman–Crippen LogP) is 4.48. The van der Waals surface area contributed by atoms with Crippen LogP contribution in [0.4, 0.5) is 5.69 Å². The van der Waals surface area contributed by atoms with Gasteiger partial charge in [0.25, 0.3) is 0 Å². The second-order valence-corrected chi connectivity index (χ2v) is 12.3. The molecule has 2 aromatic carbocycles. The van der Waals surface area contributed by atoms with Crippen molar-refractivity contribution < 1.29 is 22.7 Å². The number of amides is 1. The van der Waals surface area contributed by atoms with E-state index in [2.05, 4.69) is 20.9 Å². The maximum Gasteiger partial charge on any atom is 0.248 e. The Balaban J connectivity index is 1.67. The average Bonchev–Trinajstić information content (AvgIpc) is 3.26. The first-order chi connectivity index (χ1) is 16.3. The van der Waals surface area contributed by atoms with E-state index >= 15 is 0 Å². The summed E-state index contributed by atoms with van der Waals surface area (Å²) in [4.78, 5) is 19.1. The summed E-state index contributed by atoms with van der Waals surface area (Å²) in [7, 11) is -3.17. The van der Waals surface area contributed by atoms with Crippen molar-refractivity contribution in [3.8, 4) is 11.5 Å². The Morgan fingerprint density at radius 1 is 1.12 bits per heavy atom. The summed E-state index contributed by atoms with van der Waals surface area (Å²) in [6, 6.07) is 13.1. The van der Waals surface area contributed by atoms with Gasteiger partial charge in [-0.05, 0) is 41.8 Å². The first-order valence-electron chi connectivity index (χ1n) is 11.2. The lowest BCUT2D eigenvalue weighted by molar-refractivity contribution is -0.117. The van der Waals surface area contributed by atoms with Gasteiger partial charge in [-0.2, -0.15) is 4.99 Å².